The van der Waals surface area contributed by atoms with Crippen LogP contribution in [0.5, 0.6) is 0 Å². The number of aryl methyl sites for hydroxylation is 1. The molecule has 0 saturated heterocycles. The standard InChI is InChI=1S/C24H34N2O3/c1-3-5-6-7-8-9-18-29-24(28)19-14-17-26-20(19)12-13-22(26)23(27)21-11-10-16-25(21)15-4-2/h10-13,16,19H,3-9,14-15,17-18H2,1-2H3. The van der Waals surface area contributed by atoms with Crippen molar-refractivity contribution in [3.05, 3.63) is 47.5 Å². The summed E-state index contributed by atoms with van der Waals surface area (Å²) in [7, 11) is 0. The predicted octanol–water partition coefficient (Wildman–Crippen LogP) is 5.32. The number of carbonyl (C=O) groups is 2. The van der Waals surface area contributed by atoms with E-state index in [-0.39, 0.29) is 17.7 Å². The van der Waals surface area contributed by atoms with Crippen molar-refractivity contribution in [2.75, 3.05) is 6.61 Å². The maximum atomic E-state index is 13.1. The van der Waals surface area contributed by atoms with E-state index in [0.717, 1.165) is 31.5 Å². The molecule has 5 nitrogen and oxygen atoms in total. The minimum absolute atomic E-state index is 0.0239. The van der Waals surface area contributed by atoms with Crippen LogP contribution in [0, 0.1) is 0 Å². The van der Waals surface area contributed by atoms with Crippen LogP contribution >= 0.6 is 0 Å². The summed E-state index contributed by atoms with van der Waals surface area (Å²) in [4.78, 5) is 25.6. The summed E-state index contributed by atoms with van der Waals surface area (Å²) in [6.07, 6.45) is 10.7. The van der Waals surface area contributed by atoms with Gasteiger partial charge in [0.25, 0.3) is 0 Å². The zero-order valence-electron chi connectivity index (χ0n) is 17.9. The maximum Gasteiger partial charge on any atom is 0.315 e. The Labute approximate surface area is 174 Å². The van der Waals surface area contributed by atoms with E-state index in [1.165, 1.54) is 25.7 Å². The Hall–Kier alpha value is -2.30. The van der Waals surface area contributed by atoms with Crippen molar-refractivity contribution in [3.8, 4) is 0 Å². The lowest BCUT2D eigenvalue weighted by molar-refractivity contribution is -0.145. The molecule has 158 valence electrons. The molecule has 3 heterocycles. The van der Waals surface area contributed by atoms with Crippen LogP contribution in [0.2, 0.25) is 0 Å². The van der Waals surface area contributed by atoms with Crippen LogP contribution < -0.4 is 0 Å². The number of esters is 1. The Morgan fingerprint density at radius 3 is 2.59 bits per heavy atom. The Morgan fingerprint density at radius 1 is 1.00 bits per heavy atom. The summed E-state index contributed by atoms with van der Waals surface area (Å²) in [6, 6.07) is 7.57. The molecule has 0 aliphatic carbocycles. The Balaban J connectivity index is 1.57. The second kappa shape index (κ2) is 10.5. The number of aromatic nitrogens is 2. The molecule has 2 aromatic heterocycles. The van der Waals surface area contributed by atoms with Crippen molar-refractivity contribution in [3.63, 3.8) is 0 Å². The molecule has 0 amide bonds. The number of nitrogens with zero attached hydrogens (tertiary/aromatic N) is 2. The molecule has 0 N–H and O–H groups in total. The minimum Gasteiger partial charge on any atom is -0.465 e. The maximum absolute atomic E-state index is 13.1. The third-order valence-corrected chi connectivity index (χ3v) is 5.80. The molecule has 2 aromatic rings. The van der Waals surface area contributed by atoms with E-state index in [0.29, 0.717) is 31.0 Å². The van der Waals surface area contributed by atoms with Gasteiger partial charge < -0.3 is 13.9 Å². The molecule has 0 radical (unpaired) electrons. The van der Waals surface area contributed by atoms with Crippen LogP contribution in [0.25, 0.3) is 0 Å². The molecular formula is C24H34N2O3. The highest BCUT2D eigenvalue weighted by molar-refractivity contribution is 6.07. The van der Waals surface area contributed by atoms with Gasteiger partial charge in [-0.1, -0.05) is 46.0 Å². The summed E-state index contributed by atoms with van der Waals surface area (Å²) >= 11 is 0. The fourth-order valence-corrected chi connectivity index (χ4v) is 4.22. The Morgan fingerprint density at radius 2 is 1.79 bits per heavy atom. The van der Waals surface area contributed by atoms with Crippen molar-refractivity contribution in [2.45, 2.75) is 84.2 Å². The number of ketones is 1. The number of fused-ring (bicyclic) bond motifs is 1. The van der Waals surface area contributed by atoms with Crippen LogP contribution in [0.1, 0.15) is 93.0 Å². The van der Waals surface area contributed by atoms with E-state index in [1.807, 2.05) is 39.6 Å². The van der Waals surface area contributed by atoms with Gasteiger partial charge in [-0.2, -0.15) is 0 Å². The number of ether oxygens (including phenoxy) is 1. The lowest BCUT2D eigenvalue weighted by Gasteiger charge is -2.10. The fourth-order valence-electron chi connectivity index (χ4n) is 4.22. The van der Waals surface area contributed by atoms with Crippen molar-refractivity contribution < 1.29 is 14.3 Å². The summed E-state index contributed by atoms with van der Waals surface area (Å²) in [5, 5.41) is 0. The van der Waals surface area contributed by atoms with Crippen LogP contribution in [-0.2, 0) is 22.6 Å². The van der Waals surface area contributed by atoms with Gasteiger partial charge in [-0.05, 0) is 43.5 Å². The summed E-state index contributed by atoms with van der Waals surface area (Å²) in [5.41, 5.74) is 2.29. The molecule has 1 aliphatic rings. The Bertz CT molecular complexity index is 818. The second-order valence-electron chi connectivity index (χ2n) is 7.99. The van der Waals surface area contributed by atoms with Crippen LogP contribution in [-0.4, -0.2) is 27.5 Å². The number of hydrogen-bond acceptors (Lipinski definition) is 3. The largest absolute Gasteiger partial charge is 0.465 e. The number of rotatable bonds is 12. The average molecular weight is 399 g/mol. The molecule has 0 bridgehead atoms. The van der Waals surface area contributed by atoms with Gasteiger partial charge in [0, 0.05) is 25.0 Å². The van der Waals surface area contributed by atoms with Gasteiger partial charge >= 0.3 is 5.97 Å². The van der Waals surface area contributed by atoms with Crippen LogP contribution in [0.3, 0.4) is 0 Å². The molecule has 0 aromatic carbocycles. The first-order chi connectivity index (χ1) is 14.2. The highest BCUT2D eigenvalue weighted by Gasteiger charge is 2.33. The van der Waals surface area contributed by atoms with Gasteiger partial charge in [-0.25, -0.2) is 0 Å². The highest BCUT2D eigenvalue weighted by atomic mass is 16.5. The molecule has 29 heavy (non-hydrogen) atoms. The van der Waals surface area contributed by atoms with E-state index in [2.05, 4.69) is 13.8 Å². The first-order valence-corrected chi connectivity index (χ1v) is 11.2. The zero-order chi connectivity index (χ0) is 20.6. The lowest BCUT2D eigenvalue weighted by atomic mass is 10.1. The minimum atomic E-state index is -0.251. The second-order valence-corrected chi connectivity index (χ2v) is 7.99. The van der Waals surface area contributed by atoms with Crippen molar-refractivity contribution in [1.29, 1.82) is 0 Å². The lowest BCUT2D eigenvalue weighted by Crippen LogP contribution is -2.15. The number of unbranched alkanes of at least 4 members (excludes halogenated alkanes) is 5. The molecule has 3 rings (SSSR count). The van der Waals surface area contributed by atoms with E-state index in [4.69, 9.17) is 4.74 Å². The number of hydrogen-bond donors (Lipinski definition) is 0. The quantitative estimate of drug-likeness (QED) is 0.276. The average Bonchev–Trinajstić information content (AvgIpc) is 3.43. The van der Waals surface area contributed by atoms with Crippen LogP contribution in [0.4, 0.5) is 0 Å². The van der Waals surface area contributed by atoms with Gasteiger partial charge in [0.1, 0.15) is 0 Å². The molecule has 0 saturated carbocycles. The highest BCUT2D eigenvalue weighted by Crippen LogP contribution is 2.32. The molecule has 0 fully saturated rings. The van der Waals surface area contributed by atoms with Crippen molar-refractivity contribution in [2.24, 2.45) is 0 Å². The SMILES string of the molecule is CCCCCCCCOC(=O)C1CCn2c(C(=O)c3cccn3CCC)ccc21. The fraction of sp³-hybridized carbons (Fsp3) is 0.583. The molecule has 0 spiro atoms. The van der Waals surface area contributed by atoms with E-state index < -0.39 is 0 Å². The van der Waals surface area contributed by atoms with E-state index in [9.17, 15) is 9.59 Å². The van der Waals surface area contributed by atoms with Gasteiger partial charge in [0.15, 0.2) is 0 Å². The summed E-state index contributed by atoms with van der Waals surface area (Å²) < 4.78 is 9.55. The number of carbonyl (C=O) groups excluding carboxylic acids is 2. The zero-order valence-corrected chi connectivity index (χ0v) is 17.9. The van der Waals surface area contributed by atoms with Crippen LogP contribution in [0.15, 0.2) is 30.5 Å². The predicted molar refractivity (Wildman–Crippen MR) is 114 cm³/mol. The molecule has 1 unspecified atom stereocenters. The first-order valence-electron chi connectivity index (χ1n) is 11.2. The van der Waals surface area contributed by atoms with Gasteiger partial charge in [0.05, 0.1) is 23.9 Å². The molecule has 1 aliphatic heterocycles. The van der Waals surface area contributed by atoms with Gasteiger partial charge in [-0.15, -0.1) is 0 Å². The molecule has 5 heteroatoms. The topological polar surface area (TPSA) is 53.2 Å². The van der Waals surface area contributed by atoms with Gasteiger partial charge in [-0.3, -0.25) is 9.59 Å². The van der Waals surface area contributed by atoms with E-state index >= 15 is 0 Å². The monoisotopic (exact) mass is 398 g/mol. The van der Waals surface area contributed by atoms with Gasteiger partial charge in [0.2, 0.25) is 5.78 Å². The van der Waals surface area contributed by atoms with Crippen molar-refractivity contribution in [1.82, 2.24) is 9.13 Å². The first kappa shape index (κ1) is 21.4. The Kier molecular flexibility index (Phi) is 7.73. The van der Waals surface area contributed by atoms with E-state index in [1.54, 1.807) is 0 Å². The third kappa shape index (κ3) is 5.01. The normalized spacial score (nSPS) is 15.4. The van der Waals surface area contributed by atoms with Crippen molar-refractivity contribution >= 4 is 11.8 Å². The summed E-state index contributed by atoms with van der Waals surface area (Å²) in [6.45, 7) is 6.33. The smallest absolute Gasteiger partial charge is 0.315 e. The third-order valence-electron chi connectivity index (χ3n) is 5.80. The molecular weight excluding hydrogens is 364 g/mol. The molecule has 1 atom stereocenters. The summed E-state index contributed by atoms with van der Waals surface area (Å²) in [5.74, 6) is -0.376.